The molecule has 7 heteroatoms. The average molecular weight is 439 g/mol. The Morgan fingerprint density at radius 2 is 1.72 bits per heavy atom. The predicted molar refractivity (Wildman–Crippen MR) is 124 cm³/mol. The van der Waals surface area contributed by atoms with Crippen molar-refractivity contribution in [3.63, 3.8) is 0 Å². The monoisotopic (exact) mass is 438 g/mol. The van der Waals surface area contributed by atoms with Gasteiger partial charge in [-0.15, -0.1) is 0 Å². The molecule has 3 rings (SSSR count). The Balaban J connectivity index is 2.02. The zero-order chi connectivity index (χ0) is 23.3. The molecule has 0 unspecified atom stereocenters. The number of hydrogen-bond donors (Lipinski definition) is 1. The number of anilines is 1. The fourth-order valence-electron chi connectivity index (χ4n) is 3.56. The maximum absolute atomic E-state index is 13.3. The van der Waals surface area contributed by atoms with E-state index in [0.717, 1.165) is 5.56 Å². The van der Waals surface area contributed by atoms with Crippen LogP contribution in [0.3, 0.4) is 0 Å². The van der Waals surface area contributed by atoms with Crippen molar-refractivity contribution in [1.82, 2.24) is 4.90 Å². The summed E-state index contributed by atoms with van der Waals surface area (Å²) in [5.74, 6) is 0.582. The van der Waals surface area contributed by atoms with Gasteiger partial charge < -0.3 is 19.5 Å². The summed E-state index contributed by atoms with van der Waals surface area (Å²) in [7, 11) is 3.16. The number of carbonyl (C=O) groups is 2. The van der Waals surface area contributed by atoms with Crippen LogP contribution in [0.1, 0.15) is 31.4 Å². The van der Waals surface area contributed by atoms with Crippen molar-refractivity contribution in [2.24, 2.45) is 0 Å². The quantitative estimate of drug-likeness (QED) is 0.446. The van der Waals surface area contributed by atoms with Gasteiger partial charge in [-0.1, -0.05) is 18.2 Å². The maximum Gasteiger partial charge on any atom is 0.278 e. The van der Waals surface area contributed by atoms with Crippen molar-refractivity contribution in [1.29, 1.82) is 0 Å². The first-order valence-corrected chi connectivity index (χ1v) is 10.6. The Kier molecular flexibility index (Phi) is 7.53. The second kappa shape index (κ2) is 10.3. The number of imide groups is 1. The molecule has 0 saturated heterocycles. The number of methoxy groups -OCH3 is 2. The first-order chi connectivity index (χ1) is 15.3. The van der Waals surface area contributed by atoms with Gasteiger partial charge in [-0.2, -0.15) is 0 Å². The number of ether oxygens (including phenoxy) is 3. The Morgan fingerprint density at radius 3 is 2.34 bits per heavy atom. The third-order valence-corrected chi connectivity index (χ3v) is 5.03. The molecule has 0 aliphatic carbocycles. The van der Waals surface area contributed by atoms with E-state index in [1.165, 1.54) is 4.90 Å². The smallest absolute Gasteiger partial charge is 0.278 e. The molecule has 32 heavy (non-hydrogen) atoms. The first kappa shape index (κ1) is 23.3. The van der Waals surface area contributed by atoms with Gasteiger partial charge in [0.2, 0.25) is 0 Å². The number of carbonyl (C=O) groups excluding carboxylic acids is 2. The molecule has 0 fully saturated rings. The van der Waals surface area contributed by atoms with Gasteiger partial charge in [-0.25, -0.2) is 0 Å². The molecule has 0 radical (unpaired) electrons. The summed E-state index contributed by atoms with van der Waals surface area (Å²) in [6, 6.07) is 12.8. The minimum atomic E-state index is -0.368. The molecule has 1 N–H and O–H groups in total. The van der Waals surface area contributed by atoms with Gasteiger partial charge in [0.05, 0.1) is 24.5 Å². The Bertz CT molecular complexity index is 1010. The highest BCUT2D eigenvalue weighted by atomic mass is 16.5. The van der Waals surface area contributed by atoms with Gasteiger partial charge in [-0.05, 0) is 62.6 Å². The standard InChI is InChI=1S/C25H30N2O5/c1-16(2)32-19-10-8-18(9-11-19)22-23(25(29)27(24(22)28)13-6-14-30-4)26-20-15-17(3)7-12-21(20)31-5/h7-12,15-16,26H,6,13-14H2,1-5H3. The second-order valence-electron chi connectivity index (χ2n) is 7.88. The molecule has 0 aromatic heterocycles. The van der Waals surface area contributed by atoms with Gasteiger partial charge in [0.1, 0.15) is 17.2 Å². The van der Waals surface area contributed by atoms with E-state index in [1.54, 1.807) is 38.5 Å². The van der Waals surface area contributed by atoms with E-state index in [4.69, 9.17) is 14.2 Å². The molecule has 2 aromatic rings. The largest absolute Gasteiger partial charge is 0.495 e. The normalized spacial score (nSPS) is 13.9. The number of aryl methyl sites for hydroxylation is 1. The lowest BCUT2D eigenvalue weighted by Crippen LogP contribution is -2.33. The number of benzene rings is 2. The van der Waals surface area contributed by atoms with Gasteiger partial charge in [0, 0.05) is 20.3 Å². The van der Waals surface area contributed by atoms with Crippen LogP contribution in [-0.4, -0.2) is 50.2 Å². The summed E-state index contributed by atoms with van der Waals surface area (Å²) in [5.41, 5.74) is 2.82. The molecular weight excluding hydrogens is 408 g/mol. The molecule has 0 saturated carbocycles. The molecule has 0 atom stereocenters. The second-order valence-corrected chi connectivity index (χ2v) is 7.88. The highest BCUT2D eigenvalue weighted by molar-refractivity contribution is 6.36. The zero-order valence-electron chi connectivity index (χ0n) is 19.2. The third-order valence-electron chi connectivity index (χ3n) is 5.03. The molecule has 0 bridgehead atoms. The molecule has 1 aliphatic rings. The van der Waals surface area contributed by atoms with Crippen molar-refractivity contribution in [3.8, 4) is 11.5 Å². The summed E-state index contributed by atoms with van der Waals surface area (Å²) >= 11 is 0. The van der Waals surface area contributed by atoms with E-state index >= 15 is 0 Å². The van der Waals surface area contributed by atoms with Gasteiger partial charge in [0.25, 0.3) is 11.8 Å². The van der Waals surface area contributed by atoms with Crippen LogP contribution in [0.5, 0.6) is 11.5 Å². The van der Waals surface area contributed by atoms with Crippen LogP contribution >= 0.6 is 0 Å². The number of amides is 2. The molecule has 2 amide bonds. The molecule has 7 nitrogen and oxygen atoms in total. The lowest BCUT2D eigenvalue weighted by molar-refractivity contribution is -0.136. The van der Waals surface area contributed by atoms with Crippen LogP contribution in [-0.2, 0) is 14.3 Å². The van der Waals surface area contributed by atoms with Gasteiger partial charge in [0.15, 0.2) is 0 Å². The SMILES string of the molecule is COCCCN1C(=O)C(Nc2cc(C)ccc2OC)=C(c2ccc(OC(C)C)cc2)C1=O. The predicted octanol–water partition coefficient (Wildman–Crippen LogP) is 4.02. The summed E-state index contributed by atoms with van der Waals surface area (Å²) in [6.45, 7) is 6.59. The van der Waals surface area contributed by atoms with Crippen LogP contribution in [0, 0.1) is 6.92 Å². The summed E-state index contributed by atoms with van der Waals surface area (Å²) in [4.78, 5) is 27.8. The summed E-state index contributed by atoms with van der Waals surface area (Å²) in [6.07, 6.45) is 0.598. The zero-order valence-corrected chi connectivity index (χ0v) is 19.2. The lowest BCUT2D eigenvalue weighted by Gasteiger charge is -2.15. The molecule has 0 spiro atoms. The van der Waals surface area contributed by atoms with Crippen LogP contribution in [0.15, 0.2) is 48.2 Å². The van der Waals surface area contributed by atoms with Crippen molar-refractivity contribution in [3.05, 3.63) is 59.3 Å². The fraction of sp³-hybridized carbons (Fsp3) is 0.360. The van der Waals surface area contributed by atoms with E-state index < -0.39 is 0 Å². The Hall–Kier alpha value is -3.32. The van der Waals surface area contributed by atoms with E-state index in [0.29, 0.717) is 41.4 Å². The van der Waals surface area contributed by atoms with Crippen LogP contribution in [0.4, 0.5) is 5.69 Å². The number of hydrogen-bond acceptors (Lipinski definition) is 6. The van der Waals surface area contributed by atoms with Crippen LogP contribution < -0.4 is 14.8 Å². The van der Waals surface area contributed by atoms with Crippen molar-refractivity contribution >= 4 is 23.1 Å². The summed E-state index contributed by atoms with van der Waals surface area (Å²) < 4.78 is 16.2. The van der Waals surface area contributed by atoms with Crippen LogP contribution in [0.2, 0.25) is 0 Å². The average Bonchev–Trinajstić information content (AvgIpc) is 2.98. The van der Waals surface area contributed by atoms with E-state index in [1.807, 2.05) is 39.0 Å². The van der Waals surface area contributed by atoms with Gasteiger partial charge in [-0.3, -0.25) is 14.5 Å². The first-order valence-electron chi connectivity index (χ1n) is 10.6. The van der Waals surface area contributed by atoms with Crippen molar-refractivity contribution in [2.75, 3.05) is 32.7 Å². The maximum atomic E-state index is 13.3. The minimum Gasteiger partial charge on any atom is -0.495 e. The highest BCUT2D eigenvalue weighted by Crippen LogP contribution is 2.34. The summed E-state index contributed by atoms with van der Waals surface area (Å²) in [5, 5.41) is 3.18. The van der Waals surface area contributed by atoms with E-state index in [2.05, 4.69) is 5.32 Å². The molecule has 2 aromatic carbocycles. The molecular formula is C25H30N2O5. The third kappa shape index (κ3) is 5.11. The highest BCUT2D eigenvalue weighted by Gasteiger charge is 2.39. The topological polar surface area (TPSA) is 77.1 Å². The van der Waals surface area contributed by atoms with Crippen molar-refractivity contribution in [2.45, 2.75) is 33.3 Å². The van der Waals surface area contributed by atoms with Crippen LogP contribution in [0.25, 0.3) is 5.57 Å². The number of rotatable bonds is 10. The minimum absolute atomic E-state index is 0.0389. The lowest BCUT2D eigenvalue weighted by atomic mass is 10.0. The van der Waals surface area contributed by atoms with E-state index in [-0.39, 0.29) is 30.2 Å². The Labute approximate surface area is 189 Å². The van der Waals surface area contributed by atoms with Crippen molar-refractivity contribution < 1.29 is 23.8 Å². The van der Waals surface area contributed by atoms with E-state index in [9.17, 15) is 9.59 Å². The fourth-order valence-corrected chi connectivity index (χ4v) is 3.56. The Morgan fingerprint density at radius 1 is 1.00 bits per heavy atom. The molecule has 1 aliphatic heterocycles. The number of nitrogens with zero attached hydrogens (tertiary/aromatic N) is 1. The number of nitrogens with one attached hydrogen (secondary N) is 1. The van der Waals surface area contributed by atoms with Gasteiger partial charge >= 0.3 is 0 Å². The molecule has 170 valence electrons. The molecule has 1 heterocycles.